The predicted molar refractivity (Wildman–Crippen MR) is 63.6 cm³/mol. The van der Waals surface area contributed by atoms with Crippen molar-refractivity contribution < 1.29 is 18.9 Å². The Bertz CT molecular complexity index is 383. The van der Waals surface area contributed by atoms with Crippen molar-refractivity contribution in [3.05, 3.63) is 24.3 Å². The van der Waals surface area contributed by atoms with Gasteiger partial charge in [0.25, 0.3) is 7.37 Å². The summed E-state index contributed by atoms with van der Waals surface area (Å²) >= 11 is 5.56. The zero-order chi connectivity index (χ0) is 12.0. The van der Waals surface area contributed by atoms with E-state index in [0.717, 1.165) is 0 Å². The highest BCUT2D eigenvalue weighted by molar-refractivity contribution is 7.60. The number of alkyl halides is 1. The van der Waals surface area contributed by atoms with Crippen LogP contribution in [-0.4, -0.2) is 23.7 Å². The van der Waals surface area contributed by atoms with Gasteiger partial charge in [-0.25, -0.2) is 0 Å². The van der Waals surface area contributed by atoms with Gasteiger partial charge in [0.15, 0.2) is 17.8 Å². The summed E-state index contributed by atoms with van der Waals surface area (Å²) < 4.78 is 22.2. The van der Waals surface area contributed by atoms with Crippen LogP contribution in [0.15, 0.2) is 24.3 Å². The van der Waals surface area contributed by atoms with E-state index in [1.54, 1.807) is 25.1 Å². The van der Waals surface area contributed by atoms with Gasteiger partial charge in [-0.15, -0.1) is 11.6 Å². The maximum absolute atomic E-state index is 11.9. The zero-order valence-electron chi connectivity index (χ0n) is 8.93. The van der Waals surface area contributed by atoms with Crippen molar-refractivity contribution in [3.8, 4) is 11.5 Å². The molecule has 1 rings (SSSR count). The Kier molecular flexibility index (Phi) is 5.13. The van der Waals surface area contributed by atoms with Gasteiger partial charge >= 0.3 is 0 Å². The van der Waals surface area contributed by atoms with Gasteiger partial charge in [0, 0.05) is 0 Å². The van der Waals surface area contributed by atoms with Gasteiger partial charge < -0.3 is 14.4 Å². The molecule has 0 saturated carbocycles. The van der Waals surface area contributed by atoms with Crippen molar-refractivity contribution in [3.63, 3.8) is 0 Å². The Labute approximate surface area is 99.6 Å². The Morgan fingerprint density at radius 2 is 2.12 bits per heavy atom. The van der Waals surface area contributed by atoms with E-state index in [4.69, 9.17) is 20.9 Å². The van der Waals surface area contributed by atoms with E-state index < -0.39 is 7.37 Å². The molecule has 0 aliphatic carbocycles. The normalized spacial score (nSPS) is 14.4. The first-order valence-corrected chi connectivity index (χ1v) is 7.33. The average molecular weight is 265 g/mol. The molecule has 4 nitrogen and oxygen atoms in total. The minimum absolute atomic E-state index is 0.000112. The van der Waals surface area contributed by atoms with Gasteiger partial charge in [0.2, 0.25) is 0 Å². The maximum Gasteiger partial charge on any atom is 0.253 e. The number of rotatable bonds is 6. The first kappa shape index (κ1) is 13.4. The lowest BCUT2D eigenvalue weighted by Gasteiger charge is -2.16. The Hall–Kier alpha value is -0.700. The summed E-state index contributed by atoms with van der Waals surface area (Å²) in [5.41, 5.74) is -0.103. The zero-order valence-corrected chi connectivity index (χ0v) is 10.6. The Morgan fingerprint density at radius 3 is 2.69 bits per heavy atom. The largest absolute Gasteiger partial charge is 0.504 e. The lowest BCUT2D eigenvalue weighted by Crippen LogP contribution is -2.03. The fraction of sp³-hybridized carbons (Fsp3) is 0.400. The number of halogens is 1. The molecule has 1 aromatic rings. The smallest absolute Gasteiger partial charge is 0.253 e. The molecule has 16 heavy (non-hydrogen) atoms. The van der Waals surface area contributed by atoms with Gasteiger partial charge in [-0.1, -0.05) is 12.1 Å². The molecule has 0 bridgehead atoms. The molecule has 0 aromatic heterocycles. The van der Waals surface area contributed by atoms with E-state index in [9.17, 15) is 9.67 Å². The van der Waals surface area contributed by atoms with Crippen LogP contribution in [0.5, 0.6) is 11.5 Å². The summed E-state index contributed by atoms with van der Waals surface area (Å²) in [6.45, 7) is 2.05. The van der Waals surface area contributed by atoms with Gasteiger partial charge in [-0.2, -0.15) is 0 Å². The summed E-state index contributed by atoms with van der Waals surface area (Å²) in [6.07, 6.45) is -0.137. The molecule has 0 heterocycles. The van der Waals surface area contributed by atoms with E-state index in [1.165, 1.54) is 6.07 Å². The van der Waals surface area contributed by atoms with Crippen molar-refractivity contribution in [2.45, 2.75) is 6.92 Å². The first-order valence-electron chi connectivity index (χ1n) is 4.80. The maximum atomic E-state index is 11.9. The van der Waals surface area contributed by atoms with E-state index in [2.05, 4.69) is 0 Å². The summed E-state index contributed by atoms with van der Waals surface area (Å²) in [5.74, 6) is 0.271. The number of para-hydroxylation sites is 2. The van der Waals surface area contributed by atoms with Crippen LogP contribution in [0.3, 0.4) is 0 Å². The Morgan fingerprint density at radius 1 is 1.44 bits per heavy atom. The highest BCUT2D eigenvalue weighted by atomic mass is 35.5. The van der Waals surface area contributed by atoms with Crippen molar-refractivity contribution in [2.24, 2.45) is 0 Å². The van der Waals surface area contributed by atoms with E-state index in [-0.39, 0.29) is 23.5 Å². The summed E-state index contributed by atoms with van der Waals surface area (Å²) in [4.78, 5) is 0. The van der Waals surface area contributed by atoms with E-state index in [0.29, 0.717) is 6.61 Å². The van der Waals surface area contributed by atoms with E-state index in [1.807, 2.05) is 0 Å². The molecule has 0 radical (unpaired) electrons. The van der Waals surface area contributed by atoms with Crippen LogP contribution < -0.4 is 4.74 Å². The predicted octanol–water partition coefficient (Wildman–Crippen LogP) is 3.24. The van der Waals surface area contributed by atoms with Crippen molar-refractivity contribution in [1.82, 2.24) is 0 Å². The second-order valence-corrected chi connectivity index (χ2v) is 6.19. The topological polar surface area (TPSA) is 55.8 Å². The van der Waals surface area contributed by atoms with Gasteiger partial charge in [-0.05, 0) is 19.1 Å². The quantitative estimate of drug-likeness (QED) is 0.633. The highest BCUT2D eigenvalue weighted by Gasteiger charge is 2.22. The van der Waals surface area contributed by atoms with Crippen LogP contribution in [0.2, 0.25) is 0 Å². The number of benzene rings is 1. The fourth-order valence-electron chi connectivity index (χ4n) is 1.09. The van der Waals surface area contributed by atoms with Crippen LogP contribution in [-0.2, 0) is 9.09 Å². The van der Waals surface area contributed by atoms with Gasteiger partial charge in [0.1, 0.15) is 5.62 Å². The van der Waals surface area contributed by atoms with Crippen LogP contribution >= 0.6 is 19.0 Å². The molecule has 0 aliphatic heterocycles. The molecule has 1 aromatic carbocycles. The molecule has 90 valence electrons. The van der Waals surface area contributed by atoms with Gasteiger partial charge in [-0.3, -0.25) is 4.57 Å². The summed E-state index contributed by atoms with van der Waals surface area (Å²) in [5, 5.41) is 9.42. The minimum atomic E-state index is -2.95. The van der Waals surface area contributed by atoms with Crippen molar-refractivity contribution >= 4 is 19.0 Å². The molecular weight excluding hydrogens is 251 g/mol. The first-order chi connectivity index (χ1) is 7.61. The molecule has 1 atom stereocenters. The molecule has 6 heteroatoms. The SMILES string of the molecule is CCO[P@@](=O)(CCl)COc1ccccc1O. The summed E-state index contributed by atoms with van der Waals surface area (Å²) in [7, 11) is -2.95. The lowest BCUT2D eigenvalue weighted by molar-refractivity contribution is 0.290. The van der Waals surface area contributed by atoms with Crippen molar-refractivity contribution in [1.29, 1.82) is 0 Å². The third-order valence-corrected chi connectivity index (χ3v) is 4.54. The lowest BCUT2D eigenvalue weighted by atomic mass is 10.3. The molecule has 1 N–H and O–H groups in total. The Balaban J connectivity index is 2.63. The second kappa shape index (κ2) is 6.14. The number of phenolic OH excluding ortho intramolecular Hbond substituents is 1. The number of phenols is 1. The molecule has 0 spiro atoms. The van der Waals surface area contributed by atoms with Crippen molar-refractivity contribution in [2.75, 3.05) is 18.6 Å². The van der Waals surface area contributed by atoms with Gasteiger partial charge in [0.05, 0.1) is 6.61 Å². The molecular formula is C10H14ClO4P. The molecule has 0 fully saturated rings. The molecule has 0 amide bonds. The van der Waals surface area contributed by atoms with Crippen LogP contribution in [0.25, 0.3) is 0 Å². The number of aromatic hydroxyl groups is 1. The molecule has 0 saturated heterocycles. The van der Waals surface area contributed by atoms with Crippen LogP contribution in [0, 0.1) is 0 Å². The molecule has 0 unspecified atom stereocenters. The fourth-order valence-corrected chi connectivity index (χ4v) is 2.52. The number of hydrogen-bond acceptors (Lipinski definition) is 4. The third-order valence-electron chi connectivity index (χ3n) is 1.83. The minimum Gasteiger partial charge on any atom is -0.504 e. The number of ether oxygens (including phenoxy) is 1. The summed E-state index contributed by atoms with van der Waals surface area (Å²) in [6, 6.07) is 6.45. The van der Waals surface area contributed by atoms with Crippen LogP contribution in [0.1, 0.15) is 6.92 Å². The standard InChI is InChI=1S/C10H14ClO4P/c1-2-15-16(13,7-11)8-14-10-6-4-3-5-9(10)12/h3-6,12H,2,7-8H2,1H3/t16-/m0/s1. The molecule has 0 aliphatic rings. The monoisotopic (exact) mass is 264 g/mol. The average Bonchev–Trinajstić information content (AvgIpc) is 2.28. The van der Waals surface area contributed by atoms with E-state index >= 15 is 0 Å². The highest BCUT2D eigenvalue weighted by Crippen LogP contribution is 2.48. The third kappa shape index (κ3) is 3.71. The number of hydrogen-bond donors (Lipinski definition) is 1. The second-order valence-electron chi connectivity index (χ2n) is 3.09. The van der Waals surface area contributed by atoms with Crippen LogP contribution in [0.4, 0.5) is 0 Å².